The smallest absolute Gasteiger partial charge is 0.311 e. The zero-order valence-corrected chi connectivity index (χ0v) is 28.0. The molecule has 1 aromatic heterocycles. The highest BCUT2D eigenvalue weighted by Gasteiger charge is 2.25. The summed E-state index contributed by atoms with van der Waals surface area (Å²) in [7, 11) is 0. The first-order valence-corrected chi connectivity index (χ1v) is 16.5. The third kappa shape index (κ3) is 10.2. The number of ketones is 2. The van der Waals surface area contributed by atoms with Crippen LogP contribution in [-0.4, -0.2) is 29.5 Å². The molecule has 0 saturated carbocycles. The molecule has 47 heavy (non-hydrogen) atoms. The Morgan fingerprint density at radius 1 is 0.617 bits per heavy atom. The van der Waals surface area contributed by atoms with E-state index in [9.17, 15) is 28.8 Å². The molecule has 0 aliphatic heterocycles. The molecule has 0 aliphatic rings. The van der Waals surface area contributed by atoms with Crippen LogP contribution in [0.5, 0.6) is 17.2 Å². The van der Waals surface area contributed by atoms with Gasteiger partial charge in [-0.05, 0) is 50.3 Å². The van der Waals surface area contributed by atoms with E-state index in [4.69, 9.17) is 18.6 Å². The maximum Gasteiger partial charge on any atom is 0.311 e. The molecule has 10 nitrogen and oxygen atoms in total. The number of Topliss-reactive ketones (excluding diaryl/α,β-unsaturated/α-hetero) is 2. The lowest BCUT2D eigenvalue weighted by molar-refractivity contribution is -0.135. The van der Waals surface area contributed by atoms with Crippen LogP contribution in [0, 0.1) is 0 Å². The Morgan fingerprint density at radius 2 is 1.15 bits per heavy atom. The molecule has 0 atom stereocenters. The van der Waals surface area contributed by atoms with E-state index in [1.807, 2.05) is 27.7 Å². The van der Waals surface area contributed by atoms with Gasteiger partial charge in [0.2, 0.25) is 5.43 Å². The normalized spacial score (nSPS) is 10.9. The fraction of sp³-hybridized carbons (Fsp3) is 0.459. The van der Waals surface area contributed by atoms with E-state index in [1.165, 1.54) is 12.1 Å². The summed E-state index contributed by atoms with van der Waals surface area (Å²) in [4.78, 5) is 77.3. The predicted octanol–water partition coefficient (Wildman–Crippen LogP) is 7.40. The molecule has 0 saturated heterocycles. The van der Waals surface area contributed by atoms with Crippen molar-refractivity contribution in [3.05, 3.63) is 51.7 Å². The largest absolute Gasteiger partial charge is 0.455 e. The molecule has 0 amide bonds. The van der Waals surface area contributed by atoms with Crippen LogP contribution in [0.15, 0.2) is 39.5 Å². The third-order valence-corrected chi connectivity index (χ3v) is 7.21. The van der Waals surface area contributed by atoms with E-state index in [1.54, 1.807) is 25.1 Å². The molecule has 0 aliphatic carbocycles. The number of carbonyl (C=O) groups is 5. The monoisotopic (exact) mass is 648 g/mol. The Bertz CT molecular complexity index is 1680. The van der Waals surface area contributed by atoms with Crippen LogP contribution in [0.1, 0.15) is 110 Å². The number of ether oxygens (including phenoxy) is 3. The molecule has 3 aromatic rings. The summed E-state index contributed by atoms with van der Waals surface area (Å²) >= 11 is 0. The molecular weight excluding hydrogens is 604 g/mol. The van der Waals surface area contributed by atoms with Gasteiger partial charge in [-0.3, -0.25) is 28.8 Å². The van der Waals surface area contributed by atoms with Crippen molar-refractivity contribution < 1.29 is 42.6 Å². The number of hydrogen-bond acceptors (Lipinski definition) is 10. The first-order valence-electron chi connectivity index (χ1n) is 16.5. The van der Waals surface area contributed by atoms with E-state index in [2.05, 4.69) is 0 Å². The minimum Gasteiger partial charge on any atom is -0.455 e. The van der Waals surface area contributed by atoms with Gasteiger partial charge in [0.15, 0.2) is 0 Å². The van der Waals surface area contributed by atoms with Crippen LogP contribution in [-0.2, 0) is 36.8 Å². The number of carbonyl (C=O) groups excluding carboxylic acids is 5. The Balaban J connectivity index is 2.34. The second-order valence-corrected chi connectivity index (χ2v) is 11.5. The van der Waals surface area contributed by atoms with Gasteiger partial charge < -0.3 is 18.6 Å². The first-order chi connectivity index (χ1) is 22.5. The number of hydrogen-bond donors (Lipinski definition) is 0. The summed E-state index contributed by atoms with van der Waals surface area (Å²) in [6.45, 7) is 9.23. The van der Waals surface area contributed by atoms with Crippen LogP contribution >= 0.6 is 0 Å². The summed E-state index contributed by atoms with van der Waals surface area (Å²) in [5, 5.41) is -0.0729. The number of esters is 3. The van der Waals surface area contributed by atoms with Gasteiger partial charge in [-0.25, -0.2) is 0 Å². The highest BCUT2D eigenvalue weighted by atomic mass is 16.5. The molecule has 0 bridgehead atoms. The van der Waals surface area contributed by atoms with E-state index in [0.29, 0.717) is 49.7 Å². The Morgan fingerprint density at radius 3 is 1.72 bits per heavy atom. The molecular formula is C37H44O10. The van der Waals surface area contributed by atoms with E-state index < -0.39 is 23.3 Å². The molecule has 252 valence electrons. The van der Waals surface area contributed by atoms with E-state index in [0.717, 1.165) is 0 Å². The lowest BCUT2D eigenvalue weighted by Crippen LogP contribution is -2.18. The lowest BCUT2D eigenvalue weighted by atomic mass is 9.96. The summed E-state index contributed by atoms with van der Waals surface area (Å²) in [6, 6.07) is 7.42. The Kier molecular flexibility index (Phi) is 14.1. The first kappa shape index (κ1) is 36.9. The van der Waals surface area contributed by atoms with Crippen molar-refractivity contribution in [3.63, 3.8) is 0 Å². The lowest BCUT2D eigenvalue weighted by Gasteiger charge is -2.16. The predicted molar refractivity (Wildman–Crippen MR) is 177 cm³/mol. The molecule has 2 aromatic carbocycles. The summed E-state index contributed by atoms with van der Waals surface area (Å²) in [5.41, 5.74) is 0.227. The maximum atomic E-state index is 14.3. The van der Waals surface area contributed by atoms with Crippen molar-refractivity contribution in [1.82, 2.24) is 0 Å². The zero-order valence-electron chi connectivity index (χ0n) is 28.0. The third-order valence-electron chi connectivity index (χ3n) is 7.21. The van der Waals surface area contributed by atoms with Crippen molar-refractivity contribution in [1.29, 1.82) is 0 Å². The van der Waals surface area contributed by atoms with Crippen molar-refractivity contribution in [2.45, 2.75) is 112 Å². The standard InChI is InChI=1S/C37H44O10/c1-6-11-25(38)19-24-18-23(16-17-29(24)45-33(41)14-9-4)37-28(20-26(39)12-7-2)36(43)35-30(46-34(42)15-10-5)21-27(22-31(35)47-37)44-32(40)13-8-3/h16-18,21-22H,6-15,19-20H2,1-5H3. The van der Waals surface area contributed by atoms with Gasteiger partial charge in [0.05, 0.1) is 5.56 Å². The fourth-order valence-electron chi connectivity index (χ4n) is 5.07. The number of rotatable bonds is 18. The average molecular weight is 649 g/mol. The van der Waals surface area contributed by atoms with Crippen molar-refractivity contribution in [2.24, 2.45) is 0 Å². The minimum atomic E-state index is -0.590. The highest BCUT2D eigenvalue weighted by molar-refractivity contribution is 5.92. The maximum absolute atomic E-state index is 14.3. The summed E-state index contributed by atoms with van der Waals surface area (Å²) in [6.07, 6.45) is 3.56. The summed E-state index contributed by atoms with van der Waals surface area (Å²) in [5.74, 6) is -1.65. The van der Waals surface area contributed by atoms with Gasteiger partial charge in [-0.15, -0.1) is 0 Å². The second-order valence-electron chi connectivity index (χ2n) is 11.5. The molecule has 0 N–H and O–H groups in total. The molecule has 0 unspecified atom stereocenters. The quantitative estimate of drug-likeness (QED) is 0.101. The van der Waals surface area contributed by atoms with Crippen molar-refractivity contribution in [2.75, 3.05) is 0 Å². The fourth-order valence-corrected chi connectivity index (χ4v) is 5.07. The molecule has 1 heterocycles. The zero-order chi connectivity index (χ0) is 34.5. The Labute approximate surface area is 274 Å². The van der Waals surface area contributed by atoms with Gasteiger partial charge in [-0.2, -0.15) is 0 Å². The van der Waals surface area contributed by atoms with Crippen LogP contribution in [0.3, 0.4) is 0 Å². The topological polar surface area (TPSA) is 143 Å². The van der Waals surface area contributed by atoms with Gasteiger partial charge >= 0.3 is 17.9 Å². The second kappa shape index (κ2) is 17.9. The summed E-state index contributed by atoms with van der Waals surface area (Å²) < 4.78 is 23.0. The van der Waals surface area contributed by atoms with Crippen molar-refractivity contribution >= 4 is 40.4 Å². The molecule has 3 rings (SSSR count). The molecule has 0 fully saturated rings. The minimum absolute atomic E-state index is 0.0168. The van der Waals surface area contributed by atoms with Crippen LogP contribution in [0.4, 0.5) is 0 Å². The molecule has 0 spiro atoms. The van der Waals surface area contributed by atoms with Gasteiger partial charge in [0, 0.05) is 68.2 Å². The van der Waals surface area contributed by atoms with Crippen LogP contribution < -0.4 is 19.6 Å². The number of fused-ring (bicyclic) bond motifs is 1. The van der Waals surface area contributed by atoms with Crippen LogP contribution in [0.25, 0.3) is 22.3 Å². The molecule has 0 radical (unpaired) electrons. The van der Waals surface area contributed by atoms with E-state index in [-0.39, 0.29) is 89.6 Å². The Hall–Kier alpha value is -4.60. The number of benzene rings is 2. The van der Waals surface area contributed by atoms with Gasteiger partial charge in [0.25, 0.3) is 0 Å². The van der Waals surface area contributed by atoms with Gasteiger partial charge in [0.1, 0.15) is 45.5 Å². The SMILES string of the molecule is CCCC(=O)Cc1cc(-c2oc3cc(OC(=O)CCC)cc(OC(=O)CCC)c3c(=O)c2CC(=O)CCC)ccc1OC(=O)CCC. The van der Waals surface area contributed by atoms with Gasteiger partial charge in [-0.1, -0.05) is 34.6 Å². The highest BCUT2D eigenvalue weighted by Crippen LogP contribution is 2.36. The van der Waals surface area contributed by atoms with Crippen molar-refractivity contribution in [3.8, 4) is 28.6 Å². The average Bonchev–Trinajstić information content (AvgIpc) is 2.99. The van der Waals surface area contributed by atoms with Crippen LogP contribution in [0.2, 0.25) is 0 Å². The molecule has 10 heteroatoms. The van der Waals surface area contributed by atoms with E-state index >= 15 is 0 Å².